The Bertz CT molecular complexity index is 798. The van der Waals surface area contributed by atoms with Gasteiger partial charge in [-0.15, -0.1) is 0 Å². The maximum atomic E-state index is 12.3. The Morgan fingerprint density at radius 3 is 2.43 bits per heavy atom. The number of rotatable bonds is 2. The number of carbonyl (C=O) groups excluding carboxylic acids is 1. The zero-order valence-electron chi connectivity index (χ0n) is 12.2. The molecule has 2 aromatic carbocycles. The fourth-order valence-electron chi connectivity index (χ4n) is 2.00. The normalized spacial score (nSPS) is 18.2. The summed E-state index contributed by atoms with van der Waals surface area (Å²) in [5.41, 5.74) is 1.59. The number of hydrogen-bond acceptors (Lipinski definition) is 4. The number of amidine groups is 1. The van der Waals surface area contributed by atoms with E-state index in [0.717, 1.165) is 11.3 Å². The van der Waals surface area contributed by atoms with Gasteiger partial charge < -0.3 is 5.11 Å². The third kappa shape index (κ3) is 3.57. The SMILES string of the molecule is CN1C(=O)/C(=C\c2ccc(O)cc2)SC1=Nc1ccc(Cl)cc1. The number of nitrogens with zero attached hydrogens (tertiary/aromatic N) is 2. The van der Waals surface area contributed by atoms with Crippen LogP contribution in [0.5, 0.6) is 5.75 Å². The van der Waals surface area contributed by atoms with Gasteiger partial charge in [0.2, 0.25) is 0 Å². The quantitative estimate of drug-likeness (QED) is 0.827. The fourth-order valence-corrected chi connectivity index (χ4v) is 3.11. The maximum Gasteiger partial charge on any atom is 0.266 e. The molecular weight excluding hydrogens is 332 g/mol. The Kier molecular flexibility index (Phi) is 4.41. The average molecular weight is 345 g/mol. The van der Waals surface area contributed by atoms with Crippen molar-refractivity contribution in [2.24, 2.45) is 4.99 Å². The summed E-state index contributed by atoms with van der Waals surface area (Å²) >= 11 is 7.18. The van der Waals surface area contributed by atoms with Gasteiger partial charge >= 0.3 is 0 Å². The molecule has 23 heavy (non-hydrogen) atoms. The van der Waals surface area contributed by atoms with E-state index in [1.54, 1.807) is 61.7 Å². The van der Waals surface area contributed by atoms with E-state index in [4.69, 9.17) is 11.6 Å². The third-order valence-corrected chi connectivity index (χ3v) is 4.56. The Balaban J connectivity index is 1.87. The Hall–Kier alpha value is -2.24. The number of amides is 1. The highest BCUT2D eigenvalue weighted by Gasteiger charge is 2.30. The fraction of sp³-hybridized carbons (Fsp3) is 0.0588. The summed E-state index contributed by atoms with van der Waals surface area (Å²) in [6.45, 7) is 0. The first-order valence-electron chi connectivity index (χ1n) is 6.84. The number of phenols is 1. The smallest absolute Gasteiger partial charge is 0.266 e. The number of aliphatic imine (C=N–C) groups is 1. The summed E-state index contributed by atoms with van der Waals surface area (Å²) < 4.78 is 0. The number of benzene rings is 2. The molecule has 1 amide bonds. The molecule has 3 rings (SSSR count). The minimum Gasteiger partial charge on any atom is -0.508 e. The Morgan fingerprint density at radius 2 is 1.78 bits per heavy atom. The number of carbonyl (C=O) groups is 1. The zero-order valence-corrected chi connectivity index (χ0v) is 13.8. The summed E-state index contributed by atoms with van der Waals surface area (Å²) in [7, 11) is 1.70. The predicted octanol–water partition coefficient (Wildman–Crippen LogP) is 4.28. The van der Waals surface area contributed by atoms with Crippen LogP contribution in [0.4, 0.5) is 5.69 Å². The van der Waals surface area contributed by atoms with Crippen LogP contribution >= 0.6 is 23.4 Å². The van der Waals surface area contributed by atoms with Crippen molar-refractivity contribution >= 4 is 46.2 Å². The summed E-state index contributed by atoms with van der Waals surface area (Å²) in [6.07, 6.45) is 1.79. The third-order valence-electron chi connectivity index (χ3n) is 3.25. The van der Waals surface area contributed by atoms with Crippen molar-refractivity contribution in [3.63, 3.8) is 0 Å². The first-order chi connectivity index (χ1) is 11.0. The number of phenolic OH excluding ortho intramolecular Hbond substituents is 1. The average Bonchev–Trinajstić information content (AvgIpc) is 2.80. The van der Waals surface area contributed by atoms with Crippen LogP contribution in [0.25, 0.3) is 6.08 Å². The summed E-state index contributed by atoms with van der Waals surface area (Å²) in [4.78, 5) is 18.9. The summed E-state index contributed by atoms with van der Waals surface area (Å²) in [6, 6.07) is 13.8. The molecule has 0 unspecified atom stereocenters. The molecule has 0 aliphatic carbocycles. The van der Waals surface area contributed by atoms with Crippen LogP contribution < -0.4 is 0 Å². The van der Waals surface area contributed by atoms with Crippen LogP contribution in [0.15, 0.2) is 58.4 Å². The van der Waals surface area contributed by atoms with Gasteiger partial charge in [-0.05, 0) is 59.8 Å². The van der Waals surface area contributed by atoms with Crippen molar-refractivity contribution in [3.05, 3.63) is 64.0 Å². The standard InChI is InChI=1S/C17H13ClN2O2S/c1-20-16(22)15(10-11-2-8-14(21)9-3-11)23-17(20)19-13-6-4-12(18)5-7-13/h2-10,21H,1H3/b15-10+,19-17?. The minimum absolute atomic E-state index is 0.101. The van der Waals surface area contributed by atoms with Gasteiger partial charge in [-0.25, -0.2) is 4.99 Å². The van der Waals surface area contributed by atoms with Crippen molar-refractivity contribution in [2.45, 2.75) is 0 Å². The molecule has 2 aromatic rings. The van der Waals surface area contributed by atoms with Crippen molar-refractivity contribution in [1.82, 2.24) is 4.90 Å². The van der Waals surface area contributed by atoms with E-state index >= 15 is 0 Å². The number of likely N-dealkylation sites (N-methyl/N-ethyl adjacent to an activating group) is 1. The summed E-state index contributed by atoms with van der Waals surface area (Å²) in [5.74, 6) is 0.0930. The monoisotopic (exact) mass is 344 g/mol. The highest BCUT2D eigenvalue weighted by molar-refractivity contribution is 8.18. The van der Waals surface area contributed by atoms with Gasteiger partial charge in [0.1, 0.15) is 5.75 Å². The second kappa shape index (κ2) is 6.48. The molecule has 0 spiro atoms. The van der Waals surface area contributed by atoms with Gasteiger partial charge in [0.25, 0.3) is 5.91 Å². The van der Waals surface area contributed by atoms with E-state index in [0.29, 0.717) is 15.1 Å². The van der Waals surface area contributed by atoms with Crippen molar-refractivity contribution in [2.75, 3.05) is 7.05 Å². The lowest BCUT2D eigenvalue weighted by atomic mass is 10.2. The van der Waals surface area contributed by atoms with Crippen molar-refractivity contribution in [1.29, 1.82) is 0 Å². The highest BCUT2D eigenvalue weighted by Crippen LogP contribution is 2.33. The summed E-state index contributed by atoms with van der Waals surface area (Å²) in [5, 5.41) is 10.6. The first-order valence-corrected chi connectivity index (χ1v) is 8.03. The zero-order chi connectivity index (χ0) is 16.4. The molecule has 0 bridgehead atoms. The van der Waals surface area contributed by atoms with Gasteiger partial charge in [0, 0.05) is 12.1 Å². The van der Waals surface area contributed by atoms with E-state index in [1.807, 2.05) is 0 Å². The molecule has 116 valence electrons. The molecule has 1 heterocycles. The number of hydrogen-bond donors (Lipinski definition) is 1. The first kappa shape index (κ1) is 15.6. The van der Waals surface area contributed by atoms with Crippen LogP contribution in [0, 0.1) is 0 Å². The number of aromatic hydroxyl groups is 1. The molecule has 0 saturated carbocycles. The lowest BCUT2D eigenvalue weighted by Crippen LogP contribution is -2.23. The van der Waals surface area contributed by atoms with E-state index in [-0.39, 0.29) is 11.7 Å². The largest absolute Gasteiger partial charge is 0.508 e. The van der Waals surface area contributed by atoms with Gasteiger partial charge in [-0.1, -0.05) is 23.7 Å². The van der Waals surface area contributed by atoms with Crippen LogP contribution in [0.3, 0.4) is 0 Å². The van der Waals surface area contributed by atoms with Crippen LogP contribution in [0.2, 0.25) is 5.02 Å². The molecule has 1 fully saturated rings. The van der Waals surface area contributed by atoms with Crippen molar-refractivity contribution < 1.29 is 9.90 Å². The topological polar surface area (TPSA) is 52.9 Å². The number of thioether (sulfide) groups is 1. The van der Waals surface area contributed by atoms with Crippen molar-refractivity contribution in [3.8, 4) is 5.75 Å². The molecule has 6 heteroatoms. The molecule has 0 aromatic heterocycles. The van der Waals surface area contributed by atoms with Crippen LogP contribution in [0.1, 0.15) is 5.56 Å². The van der Waals surface area contributed by atoms with Gasteiger partial charge in [0.05, 0.1) is 10.6 Å². The second-order valence-corrected chi connectivity index (χ2v) is 6.38. The predicted molar refractivity (Wildman–Crippen MR) is 95.0 cm³/mol. The van der Waals surface area contributed by atoms with Crippen LogP contribution in [-0.4, -0.2) is 28.1 Å². The molecule has 1 saturated heterocycles. The molecule has 1 aliphatic rings. The number of halogens is 1. The van der Waals surface area contributed by atoms with Gasteiger partial charge in [-0.3, -0.25) is 9.69 Å². The van der Waals surface area contributed by atoms with Gasteiger partial charge in [0.15, 0.2) is 5.17 Å². The van der Waals surface area contributed by atoms with E-state index in [1.165, 1.54) is 16.7 Å². The molecule has 4 nitrogen and oxygen atoms in total. The lowest BCUT2D eigenvalue weighted by Gasteiger charge is -2.07. The van der Waals surface area contributed by atoms with Gasteiger partial charge in [-0.2, -0.15) is 0 Å². The lowest BCUT2D eigenvalue weighted by molar-refractivity contribution is -0.121. The molecule has 0 radical (unpaired) electrons. The molecule has 1 N–H and O–H groups in total. The van der Waals surface area contributed by atoms with E-state index < -0.39 is 0 Å². The molecule has 1 aliphatic heterocycles. The van der Waals surface area contributed by atoms with E-state index in [9.17, 15) is 9.90 Å². The molecule has 0 atom stereocenters. The maximum absolute atomic E-state index is 12.3. The minimum atomic E-state index is -0.101. The van der Waals surface area contributed by atoms with E-state index in [2.05, 4.69) is 4.99 Å². The second-order valence-electron chi connectivity index (χ2n) is 4.94. The van der Waals surface area contributed by atoms with Crippen LogP contribution in [-0.2, 0) is 4.79 Å². The molecular formula is C17H13ClN2O2S. The Labute approximate surface area is 143 Å². The Morgan fingerprint density at radius 1 is 1.13 bits per heavy atom. The highest BCUT2D eigenvalue weighted by atomic mass is 35.5.